The molecule has 1 amide bonds. The second-order valence-corrected chi connectivity index (χ2v) is 5.93. The molecule has 1 aromatic carbocycles. The molecule has 1 atom stereocenters. The minimum absolute atomic E-state index is 0.0236. The normalized spacial score (nSPS) is 11.7. The fourth-order valence-electron chi connectivity index (χ4n) is 2.23. The standard InChI is InChI=1S/C17H19NO4S/c1-11(14-6-8-23-10-14)16(19)18-7-5-12-3-4-13(17(20)21)9-15(12)22-2/h3-4,6,8-11H,5,7H2,1-2H3,(H,18,19)(H,20,21). The summed E-state index contributed by atoms with van der Waals surface area (Å²) < 4.78 is 5.23. The number of nitrogens with one attached hydrogen (secondary N) is 1. The molecule has 0 aliphatic carbocycles. The van der Waals surface area contributed by atoms with Crippen LogP contribution in [0.15, 0.2) is 35.0 Å². The molecule has 0 bridgehead atoms. The fourth-order valence-corrected chi connectivity index (χ4v) is 2.98. The van der Waals surface area contributed by atoms with Crippen molar-refractivity contribution >= 4 is 23.2 Å². The van der Waals surface area contributed by atoms with E-state index in [1.165, 1.54) is 19.2 Å². The van der Waals surface area contributed by atoms with Crippen LogP contribution in [0.5, 0.6) is 5.75 Å². The summed E-state index contributed by atoms with van der Waals surface area (Å²) in [7, 11) is 1.50. The number of rotatable bonds is 7. The largest absolute Gasteiger partial charge is 0.496 e. The van der Waals surface area contributed by atoms with E-state index in [1.54, 1.807) is 17.4 Å². The number of hydrogen-bond donors (Lipinski definition) is 2. The number of carbonyl (C=O) groups excluding carboxylic acids is 1. The molecule has 2 rings (SSSR count). The molecular weight excluding hydrogens is 314 g/mol. The second-order valence-electron chi connectivity index (χ2n) is 5.15. The topological polar surface area (TPSA) is 75.6 Å². The van der Waals surface area contributed by atoms with Crippen LogP contribution in [0.4, 0.5) is 0 Å². The highest BCUT2D eigenvalue weighted by atomic mass is 32.1. The van der Waals surface area contributed by atoms with Crippen molar-refractivity contribution in [1.82, 2.24) is 5.32 Å². The predicted octanol–water partition coefficient (Wildman–Crippen LogP) is 2.92. The minimum Gasteiger partial charge on any atom is -0.496 e. The van der Waals surface area contributed by atoms with Gasteiger partial charge >= 0.3 is 5.97 Å². The van der Waals surface area contributed by atoms with Crippen LogP contribution in [0.25, 0.3) is 0 Å². The van der Waals surface area contributed by atoms with E-state index in [-0.39, 0.29) is 17.4 Å². The lowest BCUT2D eigenvalue weighted by Gasteiger charge is -2.13. The van der Waals surface area contributed by atoms with Gasteiger partial charge in [0, 0.05) is 6.54 Å². The molecule has 1 aromatic heterocycles. The number of benzene rings is 1. The maximum Gasteiger partial charge on any atom is 0.335 e. The summed E-state index contributed by atoms with van der Waals surface area (Å²) in [6.45, 7) is 2.34. The van der Waals surface area contributed by atoms with Crippen molar-refractivity contribution in [2.45, 2.75) is 19.3 Å². The summed E-state index contributed by atoms with van der Waals surface area (Å²) in [5.74, 6) is -0.681. The number of carbonyl (C=O) groups is 2. The van der Waals surface area contributed by atoms with Crippen molar-refractivity contribution < 1.29 is 19.4 Å². The van der Waals surface area contributed by atoms with Crippen molar-refractivity contribution in [3.63, 3.8) is 0 Å². The van der Waals surface area contributed by atoms with Gasteiger partial charge in [0.1, 0.15) is 5.75 Å². The van der Waals surface area contributed by atoms with Gasteiger partial charge in [-0.05, 0) is 53.4 Å². The lowest BCUT2D eigenvalue weighted by Crippen LogP contribution is -2.29. The van der Waals surface area contributed by atoms with Crippen LogP contribution < -0.4 is 10.1 Å². The average Bonchev–Trinajstić information content (AvgIpc) is 3.08. The molecule has 0 aliphatic rings. The Morgan fingerprint density at radius 3 is 2.74 bits per heavy atom. The first-order valence-corrected chi connectivity index (χ1v) is 8.17. The molecule has 2 N–H and O–H groups in total. The summed E-state index contributed by atoms with van der Waals surface area (Å²) in [4.78, 5) is 23.1. The molecule has 0 radical (unpaired) electrons. The zero-order chi connectivity index (χ0) is 16.8. The van der Waals surface area contributed by atoms with Crippen LogP contribution in [0.1, 0.15) is 34.3 Å². The highest BCUT2D eigenvalue weighted by Crippen LogP contribution is 2.21. The second kappa shape index (κ2) is 7.78. The number of aromatic carboxylic acids is 1. The third-order valence-electron chi connectivity index (χ3n) is 3.66. The molecule has 0 fully saturated rings. The Labute approximate surface area is 138 Å². The van der Waals surface area contributed by atoms with Gasteiger partial charge in [-0.25, -0.2) is 4.79 Å². The maximum atomic E-state index is 12.1. The summed E-state index contributed by atoms with van der Waals surface area (Å²) >= 11 is 1.57. The summed E-state index contributed by atoms with van der Waals surface area (Å²) in [5.41, 5.74) is 2.05. The Morgan fingerprint density at radius 1 is 1.35 bits per heavy atom. The molecular formula is C17H19NO4S. The Balaban J connectivity index is 1.93. The first-order valence-electron chi connectivity index (χ1n) is 7.23. The summed E-state index contributed by atoms with van der Waals surface area (Å²) in [5, 5.41) is 15.8. The van der Waals surface area contributed by atoms with Gasteiger partial charge in [-0.2, -0.15) is 11.3 Å². The molecule has 122 valence electrons. The number of carboxylic acid groups (broad SMARTS) is 1. The number of carboxylic acids is 1. The lowest BCUT2D eigenvalue weighted by molar-refractivity contribution is -0.122. The molecule has 0 saturated heterocycles. The van der Waals surface area contributed by atoms with Crippen molar-refractivity contribution in [3.05, 3.63) is 51.7 Å². The minimum atomic E-state index is -0.993. The van der Waals surface area contributed by atoms with E-state index in [4.69, 9.17) is 9.84 Å². The highest BCUT2D eigenvalue weighted by molar-refractivity contribution is 7.08. The van der Waals surface area contributed by atoms with Gasteiger partial charge in [0.2, 0.25) is 5.91 Å². The summed E-state index contributed by atoms with van der Waals surface area (Å²) in [6.07, 6.45) is 0.575. The van der Waals surface area contributed by atoms with Gasteiger partial charge in [0.25, 0.3) is 0 Å². The zero-order valence-corrected chi connectivity index (χ0v) is 13.9. The fraction of sp³-hybridized carbons (Fsp3) is 0.294. The van der Waals surface area contributed by atoms with Gasteiger partial charge < -0.3 is 15.2 Å². The van der Waals surface area contributed by atoms with Crippen LogP contribution in [-0.4, -0.2) is 30.6 Å². The number of ether oxygens (including phenoxy) is 1. The first kappa shape index (κ1) is 17.0. The quantitative estimate of drug-likeness (QED) is 0.817. The van der Waals surface area contributed by atoms with Crippen LogP contribution in [-0.2, 0) is 11.2 Å². The molecule has 0 saturated carbocycles. The lowest BCUT2D eigenvalue weighted by atomic mass is 10.0. The van der Waals surface area contributed by atoms with E-state index in [1.807, 2.05) is 23.8 Å². The molecule has 1 unspecified atom stereocenters. The molecule has 0 aliphatic heterocycles. The predicted molar refractivity (Wildman–Crippen MR) is 89.4 cm³/mol. The number of methoxy groups -OCH3 is 1. The van der Waals surface area contributed by atoms with E-state index in [0.717, 1.165) is 11.1 Å². The number of hydrogen-bond acceptors (Lipinski definition) is 4. The smallest absolute Gasteiger partial charge is 0.335 e. The molecule has 6 heteroatoms. The van der Waals surface area contributed by atoms with Crippen LogP contribution >= 0.6 is 11.3 Å². The van der Waals surface area contributed by atoms with Crippen LogP contribution in [0.2, 0.25) is 0 Å². The Morgan fingerprint density at radius 2 is 2.13 bits per heavy atom. The first-order chi connectivity index (χ1) is 11.0. The third-order valence-corrected chi connectivity index (χ3v) is 4.37. The van der Waals surface area contributed by atoms with Crippen LogP contribution in [0.3, 0.4) is 0 Å². The van der Waals surface area contributed by atoms with Crippen molar-refractivity contribution in [2.75, 3.05) is 13.7 Å². The molecule has 0 spiro atoms. The molecule has 5 nitrogen and oxygen atoms in total. The van der Waals surface area contributed by atoms with Gasteiger partial charge in [0.15, 0.2) is 0 Å². The highest BCUT2D eigenvalue weighted by Gasteiger charge is 2.15. The Hall–Kier alpha value is -2.34. The average molecular weight is 333 g/mol. The van der Waals surface area contributed by atoms with Gasteiger partial charge in [-0.15, -0.1) is 0 Å². The molecule has 2 aromatic rings. The molecule has 23 heavy (non-hydrogen) atoms. The van der Waals surface area contributed by atoms with E-state index < -0.39 is 5.97 Å². The SMILES string of the molecule is COc1cc(C(=O)O)ccc1CCNC(=O)C(C)c1ccsc1. The zero-order valence-electron chi connectivity index (χ0n) is 13.0. The third kappa shape index (κ3) is 4.32. The monoisotopic (exact) mass is 333 g/mol. The van der Waals surface area contributed by atoms with Crippen molar-refractivity contribution in [2.24, 2.45) is 0 Å². The van der Waals surface area contributed by atoms with Crippen molar-refractivity contribution in [1.29, 1.82) is 0 Å². The van der Waals surface area contributed by atoms with E-state index in [9.17, 15) is 9.59 Å². The Bertz CT molecular complexity index is 682. The van der Waals surface area contributed by atoms with Gasteiger partial charge in [0.05, 0.1) is 18.6 Å². The number of amides is 1. The number of thiophene rings is 1. The van der Waals surface area contributed by atoms with E-state index >= 15 is 0 Å². The van der Waals surface area contributed by atoms with Crippen molar-refractivity contribution in [3.8, 4) is 5.75 Å². The maximum absolute atomic E-state index is 12.1. The molecule has 1 heterocycles. The van der Waals surface area contributed by atoms with E-state index in [0.29, 0.717) is 18.7 Å². The summed E-state index contributed by atoms with van der Waals surface area (Å²) in [6, 6.07) is 6.70. The van der Waals surface area contributed by atoms with Gasteiger partial charge in [-0.1, -0.05) is 6.07 Å². The van der Waals surface area contributed by atoms with Crippen LogP contribution in [0, 0.1) is 0 Å². The van der Waals surface area contributed by atoms with Gasteiger partial charge in [-0.3, -0.25) is 4.79 Å². The van der Waals surface area contributed by atoms with E-state index in [2.05, 4.69) is 5.32 Å². The Kier molecular flexibility index (Phi) is 5.76.